The number of pyridine rings is 1. The minimum atomic E-state index is -0.196. The van der Waals surface area contributed by atoms with Crippen molar-refractivity contribution in [2.75, 3.05) is 45.2 Å². The summed E-state index contributed by atoms with van der Waals surface area (Å²) >= 11 is 3.60. The number of nitrogens with one attached hydrogen (secondary N) is 1. The topological polar surface area (TPSA) is 106 Å². The number of aliphatic hydroxyl groups excluding tert-OH is 1. The summed E-state index contributed by atoms with van der Waals surface area (Å²) in [5.74, 6) is 0.862. The third-order valence-electron chi connectivity index (χ3n) is 6.10. The Morgan fingerprint density at radius 3 is 2.87 bits per heavy atom. The maximum atomic E-state index is 13.3. The molecule has 2 fully saturated rings. The van der Waals surface area contributed by atoms with E-state index in [4.69, 9.17) is 4.42 Å². The van der Waals surface area contributed by atoms with Crippen LogP contribution in [0.5, 0.6) is 0 Å². The molecule has 0 saturated carbocycles. The van der Waals surface area contributed by atoms with Crippen LogP contribution in [0.25, 0.3) is 11.0 Å². The second-order valence-electron chi connectivity index (χ2n) is 8.23. The molecule has 9 heteroatoms. The summed E-state index contributed by atoms with van der Waals surface area (Å²) < 4.78 is 6.37. The lowest BCUT2D eigenvalue weighted by molar-refractivity contribution is 0.0780. The number of furan rings is 1. The standard InChI is InChI=1S/C21H26BrN5O3/c1-26-6-3-14(4-7-26)24-20-17(22)16-10-15(11-23)30-19(16)18(25-20)21(29)27-8-2-13(12-27)5-9-28/h10,13-14,28H,2-9,12H2,1H3,(H,24,25). The van der Waals surface area contributed by atoms with Crippen molar-refractivity contribution in [2.45, 2.75) is 31.7 Å². The Morgan fingerprint density at radius 1 is 1.40 bits per heavy atom. The number of aliphatic hydroxyl groups is 1. The molecule has 0 bridgehead atoms. The van der Waals surface area contributed by atoms with E-state index in [1.807, 2.05) is 6.07 Å². The number of aromatic nitrogens is 1. The number of fused-ring (bicyclic) bond motifs is 1. The van der Waals surface area contributed by atoms with E-state index in [9.17, 15) is 15.2 Å². The van der Waals surface area contributed by atoms with Gasteiger partial charge in [-0.25, -0.2) is 4.98 Å². The number of carbonyl (C=O) groups is 1. The van der Waals surface area contributed by atoms with Gasteiger partial charge in [-0.3, -0.25) is 4.79 Å². The number of amides is 1. The number of hydrogen-bond donors (Lipinski definition) is 2. The lowest BCUT2D eigenvalue weighted by Crippen LogP contribution is -2.37. The summed E-state index contributed by atoms with van der Waals surface area (Å²) in [6.07, 6.45) is 3.55. The van der Waals surface area contributed by atoms with Crippen molar-refractivity contribution in [3.63, 3.8) is 0 Å². The average molecular weight is 476 g/mol. The van der Waals surface area contributed by atoms with E-state index >= 15 is 0 Å². The molecular formula is C21H26BrN5O3. The Morgan fingerprint density at radius 2 is 2.17 bits per heavy atom. The molecule has 4 rings (SSSR count). The van der Waals surface area contributed by atoms with E-state index in [1.165, 1.54) is 0 Å². The third-order valence-corrected chi connectivity index (χ3v) is 6.90. The number of rotatable bonds is 5. The zero-order chi connectivity index (χ0) is 21.3. The summed E-state index contributed by atoms with van der Waals surface area (Å²) in [5, 5.41) is 22.7. The average Bonchev–Trinajstić information content (AvgIpc) is 3.39. The van der Waals surface area contributed by atoms with Gasteiger partial charge < -0.3 is 24.6 Å². The van der Waals surface area contributed by atoms with Gasteiger partial charge in [-0.15, -0.1) is 0 Å². The van der Waals surface area contributed by atoms with Crippen LogP contribution in [0, 0.1) is 17.2 Å². The number of hydrogen-bond acceptors (Lipinski definition) is 7. The molecule has 2 aromatic rings. The van der Waals surface area contributed by atoms with Crippen molar-refractivity contribution in [3.8, 4) is 6.07 Å². The first-order chi connectivity index (χ1) is 14.5. The summed E-state index contributed by atoms with van der Waals surface area (Å²) in [6, 6.07) is 3.94. The fourth-order valence-electron chi connectivity index (χ4n) is 4.30. The van der Waals surface area contributed by atoms with Gasteiger partial charge in [-0.05, 0) is 67.7 Å². The highest BCUT2D eigenvalue weighted by atomic mass is 79.9. The predicted octanol–water partition coefficient (Wildman–Crippen LogP) is 2.81. The van der Waals surface area contributed by atoms with Gasteiger partial charge in [-0.1, -0.05) is 0 Å². The summed E-state index contributed by atoms with van der Waals surface area (Å²) in [7, 11) is 2.11. The maximum absolute atomic E-state index is 13.3. The minimum Gasteiger partial charge on any atom is -0.443 e. The van der Waals surface area contributed by atoms with Crippen LogP contribution in [0.15, 0.2) is 15.0 Å². The molecule has 1 amide bonds. The van der Waals surface area contributed by atoms with Crippen LogP contribution in [-0.4, -0.2) is 71.7 Å². The van der Waals surface area contributed by atoms with Crippen LogP contribution in [-0.2, 0) is 0 Å². The van der Waals surface area contributed by atoms with E-state index < -0.39 is 0 Å². The Hall–Kier alpha value is -2.15. The fourth-order valence-corrected chi connectivity index (χ4v) is 4.79. The first kappa shape index (κ1) is 21.1. The third kappa shape index (κ3) is 4.17. The van der Waals surface area contributed by atoms with E-state index in [0.29, 0.717) is 46.7 Å². The van der Waals surface area contributed by atoms with Gasteiger partial charge in [0.1, 0.15) is 11.9 Å². The van der Waals surface area contributed by atoms with Crippen LogP contribution >= 0.6 is 15.9 Å². The van der Waals surface area contributed by atoms with Crippen LogP contribution in [0.2, 0.25) is 0 Å². The zero-order valence-corrected chi connectivity index (χ0v) is 18.6. The molecule has 2 N–H and O–H groups in total. The molecule has 160 valence electrons. The van der Waals surface area contributed by atoms with Gasteiger partial charge in [0, 0.05) is 37.2 Å². The van der Waals surface area contributed by atoms with Crippen molar-refractivity contribution in [2.24, 2.45) is 5.92 Å². The van der Waals surface area contributed by atoms with Crippen LogP contribution in [0.4, 0.5) is 5.82 Å². The maximum Gasteiger partial charge on any atom is 0.276 e. The van der Waals surface area contributed by atoms with Crippen molar-refractivity contribution < 1.29 is 14.3 Å². The van der Waals surface area contributed by atoms with Gasteiger partial charge in [0.05, 0.1) is 4.47 Å². The molecule has 30 heavy (non-hydrogen) atoms. The smallest absolute Gasteiger partial charge is 0.276 e. The predicted molar refractivity (Wildman–Crippen MR) is 116 cm³/mol. The van der Waals surface area contributed by atoms with Gasteiger partial charge in [0.15, 0.2) is 11.3 Å². The number of piperidine rings is 1. The molecular weight excluding hydrogens is 450 g/mol. The van der Waals surface area contributed by atoms with Crippen LogP contribution in [0.3, 0.4) is 0 Å². The van der Waals surface area contributed by atoms with Crippen LogP contribution in [0.1, 0.15) is 41.9 Å². The van der Waals surface area contributed by atoms with Crippen molar-refractivity contribution in [1.82, 2.24) is 14.8 Å². The van der Waals surface area contributed by atoms with Gasteiger partial charge >= 0.3 is 0 Å². The molecule has 1 unspecified atom stereocenters. The molecule has 2 aliphatic rings. The quantitative estimate of drug-likeness (QED) is 0.684. The molecule has 2 saturated heterocycles. The van der Waals surface area contributed by atoms with E-state index in [0.717, 1.165) is 32.4 Å². The van der Waals surface area contributed by atoms with Crippen molar-refractivity contribution in [1.29, 1.82) is 5.26 Å². The first-order valence-corrected chi connectivity index (χ1v) is 11.2. The Labute approximate surface area is 184 Å². The SMILES string of the molecule is CN1CCC(Nc2nc(C(=O)N3CCC(CCO)C3)c3oc(C#N)cc3c2Br)CC1. The molecule has 1 atom stereocenters. The number of nitrogens with zero attached hydrogens (tertiary/aromatic N) is 4. The van der Waals surface area contributed by atoms with E-state index in [-0.39, 0.29) is 30.0 Å². The van der Waals surface area contributed by atoms with Crippen molar-refractivity contribution in [3.05, 3.63) is 22.0 Å². The largest absolute Gasteiger partial charge is 0.443 e. The summed E-state index contributed by atoms with van der Waals surface area (Å²) in [4.78, 5) is 22.0. The summed E-state index contributed by atoms with van der Waals surface area (Å²) in [5.41, 5.74) is 0.567. The molecule has 8 nitrogen and oxygen atoms in total. The summed E-state index contributed by atoms with van der Waals surface area (Å²) in [6.45, 7) is 3.37. The fraction of sp³-hybridized carbons (Fsp3) is 0.571. The molecule has 0 aliphatic carbocycles. The minimum absolute atomic E-state index is 0.127. The van der Waals surface area contributed by atoms with Gasteiger partial charge in [0.2, 0.25) is 5.76 Å². The highest BCUT2D eigenvalue weighted by Gasteiger charge is 2.31. The normalized spacial score (nSPS) is 20.6. The second kappa shape index (κ2) is 8.92. The Balaban J connectivity index is 1.67. The van der Waals surface area contributed by atoms with Crippen molar-refractivity contribution >= 4 is 38.6 Å². The van der Waals surface area contributed by atoms with E-state index in [2.05, 4.69) is 38.2 Å². The highest BCUT2D eigenvalue weighted by Crippen LogP contribution is 2.36. The number of anilines is 1. The molecule has 4 heterocycles. The Bertz CT molecular complexity index is 977. The Kier molecular flexibility index (Phi) is 6.27. The molecule has 0 aromatic carbocycles. The van der Waals surface area contributed by atoms with Gasteiger partial charge in [0.25, 0.3) is 5.91 Å². The monoisotopic (exact) mass is 475 g/mol. The number of nitriles is 1. The van der Waals surface area contributed by atoms with Gasteiger partial charge in [-0.2, -0.15) is 5.26 Å². The molecule has 0 spiro atoms. The molecule has 0 radical (unpaired) electrons. The second-order valence-corrected chi connectivity index (χ2v) is 9.02. The number of halogens is 1. The number of carbonyl (C=O) groups excluding carboxylic acids is 1. The number of likely N-dealkylation sites (tertiary alicyclic amines) is 2. The van der Waals surface area contributed by atoms with E-state index in [1.54, 1.807) is 11.0 Å². The highest BCUT2D eigenvalue weighted by molar-refractivity contribution is 9.10. The lowest BCUT2D eigenvalue weighted by Gasteiger charge is -2.30. The first-order valence-electron chi connectivity index (χ1n) is 10.4. The lowest BCUT2D eigenvalue weighted by atomic mass is 10.1. The zero-order valence-electron chi connectivity index (χ0n) is 17.0. The molecule has 2 aromatic heterocycles. The molecule has 2 aliphatic heterocycles. The van der Waals surface area contributed by atoms with Crippen LogP contribution < -0.4 is 5.32 Å².